The highest BCUT2D eigenvalue weighted by Crippen LogP contribution is 2.27. The molecule has 2 rings (SSSR count). The summed E-state index contributed by atoms with van der Waals surface area (Å²) in [6.45, 7) is 0. The molecule has 0 spiro atoms. The van der Waals surface area contributed by atoms with Gasteiger partial charge in [0.05, 0.1) is 0 Å². The maximum atomic E-state index is 11.6. The summed E-state index contributed by atoms with van der Waals surface area (Å²) in [6, 6.07) is 7.00. The number of carbonyl (C=O) groups is 2. The molecule has 7 heteroatoms. The van der Waals surface area contributed by atoms with Gasteiger partial charge in [-0.15, -0.1) is 0 Å². The van der Waals surface area contributed by atoms with Gasteiger partial charge in [-0.25, -0.2) is 0 Å². The van der Waals surface area contributed by atoms with Crippen molar-refractivity contribution >= 4 is 23.6 Å². The van der Waals surface area contributed by atoms with Crippen molar-refractivity contribution in [3.63, 3.8) is 0 Å². The van der Waals surface area contributed by atoms with E-state index in [2.05, 4.69) is 20.6 Å². The molecule has 0 atom stereocenters. The zero-order chi connectivity index (χ0) is 15.2. The molecule has 0 radical (unpaired) electrons. The van der Waals surface area contributed by atoms with E-state index < -0.39 is 0 Å². The van der Waals surface area contributed by atoms with E-state index in [4.69, 9.17) is 0 Å². The minimum Gasteiger partial charge on any atom is -0.354 e. The van der Waals surface area contributed by atoms with E-state index in [-0.39, 0.29) is 11.8 Å². The van der Waals surface area contributed by atoms with Gasteiger partial charge in [0.15, 0.2) is 0 Å². The lowest BCUT2D eigenvalue weighted by atomic mass is 10.3. The first kappa shape index (κ1) is 15.0. The van der Waals surface area contributed by atoms with Crippen LogP contribution in [0, 0.1) is 0 Å². The fraction of sp³-hybridized carbons (Fsp3) is 0.143. The van der Waals surface area contributed by atoms with Gasteiger partial charge in [-0.2, -0.15) is 0 Å². The average Bonchev–Trinajstić information content (AvgIpc) is 2.53. The first-order valence-electron chi connectivity index (χ1n) is 6.18. The number of amides is 2. The standard InChI is InChI=1S/C14H14N4O2S/c1-15-13(19)11-7-9(3-5-17-11)21-10-4-6-18-12(8-10)14(20)16-2/h3-8H,1-2H3,(H,15,19)(H,16,20). The van der Waals surface area contributed by atoms with E-state index in [9.17, 15) is 9.59 Å². The highest BCUT2D eigenvalue weighted by Gasteiger charge is 2.09. The van der Waals surface area contributed by atoms with E-state index >= 15 is 0 Å². The van der Waals surface area contributed by atoms with Crippen LogP contribution in [0.1, 0.15) is 21.0 Å². The molecular weight excluding hydrogens is 288 g/mol. The predicted octanol–water partition coefficient (Wildman–Crippen LogP) is 1.35. The Morgan fingerprint density at radius 2 is 1.33 bits per heavy atom. The number of hydrogen-bond donors (Lipinski definition) is 2. The van der Waals surface area contributed by atoms with Crippen molar-refractivity contribution in [1.29, 1.82) is 0 Å². The quantitative estimate of drug-likeness (QED) is 0.890. The molecule has 108 valence electrons. The minimum absolute atomic E-state index is 0.238. The summed E-state index contributed by atoms with van der Waals surface area (Å²) in [5.41, 5.74) is 0.700. The highest BCUT2D eigenvalue weighted by molar-refractivity contribution is 7.99. The molecule has 0 saturated heterocycles. The number of rotatable bonds is 4. The topological polar surface area (TPSA) is 84.0 Å². The Morgan fingerprint density at radius 3 is 1.71 bits per heavy atom. The van der Waals surface area contributed by atoms with Crippen LogP contribution in [0.5, 0.6) is 0 Å². The molecule has 2 amide bonds. The van der Waals surface area contributed by atoms with Crippen molar-refractivity contribution in [3.05, 3.63) is 48.0 Å². The van der Waals surface area contributed by atoms with Crippen LogP contribution in [0.15, 0.2) is 46.5 Å². The average molecular weight is 302 g/mol. The normalized spacial score (nSPS) is 10.0. The maximum absolute atomic E-state index is 11.6. The molecule has 0 fully saturated rings. The molecule has 0 saturated carbocycles. The molecule has 2 aromatic rings. The summed E-state index contributed by atoms with van der Waals surface area (Å²) in [5, 5.41) is 5.06. The van der Waals surface area contributed by atoms with Gasteiger partial charge >= 0.3 is 0 Å². The summed E-state index contributed by atoms with van der Waals surface area (Å²) in [6.07, 6.45) is 3.15. The molecule has 0 aliphatic rings. The summed E-state index contributed by atoms with van der Waals surface area (Å²) >= 11 is 1.43. The van der Waals surface area contributed by atoms with Crippen LogP contribution in [-0.2, 0) is 0 Å². The Kier molecular flexibility index (Phi) is 4.89. The summed E-state index contributed by atoms with van der Waals surface area (Å²) in [7, 11) is 3.12. The van der Waals surface area contributed by atoms with Gasteiger partial charge in [0, 0.05) is 36.3 Å². The molecule has 2 heterocycles. The van der Waals surface area contributed by atoms with Crippen LogP contribution in [-0.4, -0.2) is 35.9 Å². The first-order valence-corrected chi connectivity index (χ1v) is 7.00. The smallest absolute Gasteiger partial charge is 0.269 e. The van der Waals surface area contributed by atoms with Crippen molar-refractivity contribution in [2.75, 3.05) is 14.1 Å². The molecule has 0 aliphatic carbocycles. The molecule has 2 aromatic heterocycles. The molecule has 0 aromatic carbocycles. The third-order valence-electron chi connectivity index (χ3n) is 2.62. The van der Waals surface area contributed by atoms with E-state index in [1.165, 1.54) is 11.8 Å². The van der Waals surface area contributed by atoms with Crippen LogP contribution < -0.4 is 10.6 Å². The third-order valence-corrected chi connectivity index (χ3v) is 3.60. The van der Waals surface area contributed by atoms with Gasteiger partial charge in [0.2, 0.25) is 0 Å². The number of nitrogens with zero attached hydrogens (tertiary/aromatic N) is 2. The maximum Gasteiger partial charge on any atom is 0.269 e. The number of nitrogens with one attached hydrogen (secondary N) is 2. The minimum atomic E-state index is -0.238. The van der Waals surface area contributed by atoms with E-state index in [1.807, 2.05) is 0 Å². The molecule has 0 unspecified atom stereocenters. The lowest BCUT2D eigenvalue weighted by Crippen LogP contribution is -2.19. The van der Waals surface area contributed by atoms with E-state index in [0.29, 0.717) is 11.4 Å². The van der Waals surface area contributed by atoms with Gasteiger partial charge < -0.3 is 10.6 Å². The Labute approximate surface area is 126 Å². The predicted molar refractivity (Wildman–Crippen MR) is 79.4 cm³/mol. The van der Waals surface area contributed by atoms with Crippen LogP contribution in [0.3, 0.4) is 0 Å². The second-order valence-corrected chi connectivity index (χ2v) is 5.16. The SMILES string of the molecule is CNC(=O)c1cc(Sc2ccnc(C(=O)NC)c2)ccn1. The largest absolute Gasteiger partial charge is 0.354 e. The summed E-state index contributed by atoms with van der Waals surface area (Å²) < 4.78 is 0. The van der Waals surface area contributed by atoms with Crippen LogP contribution in [0.4, 0.5) is 0 Å². The van der Waals surface area contributed by atoms with Gasteiger partial charge in [0.25, 0.3) is 11.8 Å². The van der Waals surface area contributed by atoms with Gasteiger partial charge in [0.1, 0.15) is 11.4 Å². The molecule has 0 bridgehead atoms. The Bertz CT molecular complexity index is 618. The molecule has 21 heavy (non-hydrogen) atoms. The molecule has 2 N–H and O–H groups in total. The zero-order valence-corrected chi connectivity index (χ0v) is 12.4. The van der Waals surface area contributed by atoms with Crippen LogP contribution in [0.25, 0.3) is 0 Å². The molecule has 0 aliphatic heterocycles. The lowest BCUT2D eigenvalue weighted by molar-refractivity contribution is 0.0950. The Balaban J connectivity index is 2.22. The van der Waals surface area contributed by atoms with Gasteiger partial charge in [-0.05, 0) is 24.3 Å². The summed E-state index contributed by atoms with van der Waals surface area (Å²) in [4.78, 5) is 32.8. The number of hydrogen-bond acceptors (Lipinski definition) is 5. The van der Waals surface area contributed by atoms with E-state index in [0.717, 1.165) is 9.79 Å². The number of pyridine rings is 2. The second kappa shape index (κ2) is 6.85. The monoisotopic (exact) mass is 302 g/mol. The third kappa shape index (κ3) is 3.79. The second-order valence-electron chi connectivity index (χ2n) is 4.01. The van der Waals surface area contributed by atoms with Crippen LogP contribution in [0.2, 0.25) is 0 Å². The number of carbonyl (C=O) groups excluding carboxylic acids is 2. The lowest BCUT2D eigenvalue weighted by Gasteiger charge is -2.05. The van der Waals surface area contributed by atoms with Gasteiger partial charge in [-0.3, -0.25) is 19.6 Å². The van der Waals surface area contributed by atoms with Gasteiger partial charge in [-0.1, -0.05) is 11.8 Å². The summed E-state index contributed by atoms with van der Waals surface area (Å²) in [5.74, 6) is -0.476. The zero-order valence-electron chi connectivity index (χ0n) is 11.6. The van der Waals surface area contributed by atoms with Crippen molar-refractivity contribution < 1.29 is 9.59 Å². The molecule has 6 nitrogen and oxygen atoms in total. The fourth-order valence-electron chi connectivity index (χ4n) is 1.59. The Hall–Kier alpha value is -2.41. The van der Waals surface area contributed by atoms with Crippen molar-refractivity contribution in [3.8, 4) is 0 Å². The highest BCUT2D eigenvalue weighted by atomic mass is 32.2. The molecular formula is C14H14N4O2S. The Morgan fingerprint density at radius 1 is 0.905 bits per heavy atom. The number of aromatic nitrogens is 2. The van der Waals surface area contributed by atoms with Crippen molar-refractivity contribution in [2.45, 2.75) is 9.79 Å². The van der Waals surface area contributed by atoms with Crippen molar-refractivity contribution in [2.24, 2.45) is 0 Å². The van der Waals surface area contributed by atoms with Crippen molar-refractivity contribution in [1.82, 2.24) is 20.6 Å². The fourth-order valence-corrected chi connectivity index (χ4v) is 2.46. The van der Waals surface area contributed by atoms with Crippen LogP contribution >= 0.6 is 11.8 Å². The first-order chi connectivity index (χ1) is 10.1. The van der Waals surface area contributed by atoms with E-state index in [1.54, 1.807) is 50.8 Å².